The van der Waals surface area contributed by atoms with Gasteiger partial charge in [-0.3, -0.25) is 0 Å². The molecule has 1 heterocycles. The molecule has 0 saturated carbocycles. The normalized spacial score (nSPS) is 12.6. The largest absolute Gasteiger partial charge is 0.352 e. The fourth-order valence-corrected chi connectivity index (χ4v) is 3.00. The molecule has 0 spiro atoms. The smallest absolute Gasteiger partial charge is 0.252 e. The van der Waals surface area contributed by atoms with E-state index in [4.69, 9.17) is 0 Å². The first-order chi connectivity index (χ1) is 9.28. The van der Waals surface area contributed by atoms with Crippen LogP contribution in [0.25, 0.3) is 0 Å². The van der Waals surface area contributed by atoms with Crippen molar-refractivity contribution in [3.8, 4) is 0 Å². The van der Waals surface area contributed by atoms with E-state index in [2.05, 4.69) is 5.32 Å². The molecular formula is C12H21F2N3O2S. The van der Waals surface area contributed by atoms with Crippen LogP contribution < -0.4 is 5.32 Å². The van der Waals surface area contributed by atoms with Crippen molar-refractivity contribution in [3.05, 3.63) is 18.0 Å². The van der Waals surface area contributed by atoms with Crippen molar-refractivity contribution in [1.29, 1.82) is 0 Å². The lowest BCUT2D eigenvalue weighted by molar-refractivity contribution is 0.126. The van der Waals surface area contributed by atoms with Crippen molar-refractivity contribution in [3.63, 3.8) is 0 Å². The molecule has 116 valence electrons. The summed E-state index contributed by atoms with van der Waals surface area (Å²) in [7, 11) is -0.974. The number of hydrogen-bond acceptors (Lipinski definition) is 3. The summed E-state index contributed by atoms with van der Waals surface area (Å²) >= 11 is 0. The molecule has 0 fully saturated rings. The minimum absolute atomic E-state index is 0.0384. The number of nitrogens with zero attached hydrogens (tertiary/aromatic N) is 2. The van der Waals surface area contributed by atoms with Crippen molar-refractivity contribution in [1.82, 2.24) is 14.2 Å². The standard InChI is InChI=1S/C12H21F2N3O2S/c1-4-5-15-7-10-6-11(8-16(10)2)20(18,19)17(3)9-12(13)14/h6,8,12,15H,4-5,7,9H2,1-3H3. The third-order valence-corrected chi connectivity index (χ3v) is 4.71. The number of nitrogens with one attached hydrogen (secondary N) is 1. The highest BCUT2D eigenvalue weighted by molar-refractivity contribution is 7.89. The van der Waals surface area contributed by atoms with Crippen LogP contribution in [0.15, 0.2) is 17.2 Å². The lowest BCUT2D eigenvalue weighted by Gasteiger charge is -2.15. The Kier molecular flexibility index (Phi) is 6.09. The van der Waals surface area contributed by atoms with Gasteiger partial charge in [0.25, 0.3) is 6.43 Å². The predicted molar refractivity (Wildman–Crippen MR) is 73.2 cm³/mol. The summed E-state index contributed by atoms with van der Waals surface area (Å²) in [5, 5.41) is 3.17. The van der Waals surface area contributed by atoms with Gasteiger partial charge in [-0.05, 0) is 19.0 Å². The average molecular weight is 309 g/mol. The molecule has 0 atom stereocenters. The fourth-order valence-electron chi connectivity index (χ4n) is 1.76. The van der Waals surface area contributed by atoms with Crippen LogP contribution in [0.5, 0.6) is 0 Å². The molecule has 20 heavy (non-hydrogen) atoms. The second-order valence-electron chi connectivity index (χ2n) is 4.63. The molecule has 0 bridgehead atoms. The summed E-state index contributed by atoms with van der Waals surface area (Å²) in [5.74, 6) is 0. The first kappa shape index (κ1) is 17.1. The Bertz CT molecular complexity index is 529. The minimum atomic E-state index is -3.86. The van der Waals surface area contributed by atoms with E-state index in [1.54, 1.807) is 11.6 Å². The molecule has 0 aliphatic carbocycles. The molecule has 0 radical (unpaired) electrons. The minimum Gasteiger partial charge on any atom is -0.352 e. The zero-order chi connectivity index (χ0) is 15.3. The maximum Gasteiger partial charge on any atom is 0.252 e. The Balaban J connectivity index is 2.88. The highest BCUT2D eigenvalue weighted by Crippen LogP contribution is 2.18. The van der Waals surface area contributed by atoms with Gasteiger partial charge in [-0.1, -0.05) is 6.92 Å². The van der Waals surface area contributed by atoms with Crippen LogP contribution in [0, 0.1) is 0 Å². The van der Waals surface area contributed by atoms with Crippen LogP contribution in [-0.4, -0.2) is 43.9 Å². The van der Waals surface area contributed by atoms with Crippen LogP contribution in [-0.2, 0) is 23.6 Å². The molecule has 0 aromatic carbocycles. The van der Waals surface area contributed by atoms with Gasteiger partial charge in [0.2, 0.25) is 10.0 Å². The Hall–Kier alpha value is -0.990. The summed E-state index contributed by atoms with van der Waals surface area (Å²) in [6.45, 7) is 2.60. The van der Waals surface area contributed by atoms with Gasteiger partial charge >= 0.3 is 0 Å². The van der Waals surface area contributed by atoms with Gasteiger partial charge in [0.1, 0.15) is 4.90 Å². The Labute approximate surface area is 118 Å². The topological polar surface area (TPSA) is 54.3 Å². The second-order valence-corrected chi connectivity index (χ2v) is 6.68. The number of halogens is 2. The van der Waals surface area contributed by atoms with Gasteiger partial charge in [0, 0.05) is 32.5 Å². The van der Waals surface area contributed by atoms with Gasteiger partial charge in [-0.25, -0.2) is 17.2 Å². The SMILES string of the molecule is CCCNCc1cc(S(=O)(=O)N(C)CC(F)F)cn1C. The average Bonchev–Trinajstić information content (AvgIpc) is 2.71. The summed E-state index contributed by atoms with van der Waals surface area (Å²) in [6, 6.07) is 1.51. The van der Waals surface area contributed by atoms with E-state index in [9.17, 15) is 17.2 Å². The number of rotatable bonds is 8. The van der Waals surface area contributed by atoms with Gasteiger partial charge in [-0.2, -0.15) is 4.31 Å². The maximum atomic E-state index is 12.3. The molecule has 8 heteroatoms. The highest BCUT2D eigenvalue weighted by atomic mass is 32.2. The zero-order valence-corrected chi connectivity index (χ0v) is 12.8. The van der Waals surface area contributed by atoms with E-state index in [1.165, 1.54) is 12.3 Å². The summed E-state index contributed by atoms with van der Waals surface area (Å²) in [6.07, 6.45) is -0.267. The number of sulfonamides is 1. The van der Waals surface area contributed by atoms with Crippen LogP contribution in [0.3, 0.4) is 0 Å². The molecule has 0 saturated heterocycles. The van der Waals surface area contributed by atoms with Gasteiger partial charge in [0.15, 0.2) is 0 Å². The van der Waals surface area contributed by atoms with E-state index in [0.717, 1.165) is 25.7 Å². The number of aryl methyl sites for hydroxylation is 1. The van der Waals surface area contributed by atoms with E-state index >= 15 is 0 Å². The number of hydrogen-bond donors (Lipinski definition) is 1. The van der Waals surface area contributed by atoms with Crippen LogP contribution >= 0.6 is 0 Å². The lowest BCUT2D eigenvalue weighted by Crippen LogP contribution is -2.31. The second kappa shape index (κ2) is 7.14. The van der Waals surface area contributed by atoms with Gasteiger partial charge in [-0.15, -0.1) is 0 Å². The lowest BCUT2D eigenvalue weighted by atomic mass is 10.4. The van der Waals surface area contributed by atoms with Crippen molar-refractivity contribution in [2.45, 2.75) is 31.2 Å². The molecule has 1 rings (SSSR count). The van der Waals surface area contributed by atoms with E-state index in [1.807, 2.05) is 6.92 Å². The monoisotopic (exact) mass is 309 g/mol. The van der Waals surface area contributed by atoms with Crippen LogP contribution in [0.1, 0.15) is 19.0 Å². The Morgan fingerprint density at radius 1 is 1.45 bits per heavy atom. The number of alkyl halides is 2. The Morgan fingerprint density at radius 2 is 2.10 bits per heavy atom. The molecule has 1 aromatic heterocycles. The first-order valence-corrected chi connectivity index (χ1v) is 7.83. The molecule has 0 aliphatic heterocycles. The molecular weight excluding hydrogens is 288 g/mol. The predicted octanol–water partition coefficient (Wildman–Crippen LogP) is 1.41. The van der Waals surface area contributed by atoms with Crippen molar-refractivity contribution >= 4 is 10.0 Å². The summed E-state index contributed by atoms with van der Waals surface area (Å²) in [5.41, 5.74) is 0.794. The highest BCUT2D eigenvalue weighted by Gasteiger charge is 2.25. The van der Waals surface area contributed by atoms with Gasteiger partial charge in [0.05, 0.1) is 6.54 Å². The van der Waals surface area contributed by atoms with Crippen molar-refractivity contribution < 1.29 is 17.2 Å². The van der Waals surface area contributed by atoms with Crippen LogP contribution in [0.2, 0.25) is 0 Å². The third kappa shape index (κ3) is 4.26. The Morgan fingerprint density at radius 3 is 2.65 bits per heavy atom. The molecule has 5 nitrogen and oxygen atoms in total. The van der Waals surface area contributed by atoms with E-state index < -0.39 is 23.0 Å². The van der Waals surface area contributed by atoms with Crippen LogP contribution in [0.4, 0.5) is 8.78 Å². The molecule has 0 aliphatic rings. The third-order valence-electron chi connectivity index (χ3n) is 2.92. The maximum absolute atomic E-state index is 12.3. The molecule has 1 aromatic rings. The summed E-state index contributed by atoms with van der Waals surface area (Å²) < 4.78 is 51.2. The van der Waals surface area contributed by atoms with Gasteiger partial charge < -0.3 is 9.88 Å². The molecule has 0 unspecified atom stereocenters. The zero-order valence-electron chi connectivity index (χ0n) is 11.9. The van der Waals surface area contributed by atoms with E-state index in [0.29, 0.717) is 10.8 Å². The fraction of sp³-hybridized carbons (Fsp3) is 0.667. The number of aromatic nitrogens is 1. The molecule has 0 amide bonds. The first-order valence-electron chi connectivity index (χ1n) is 6.39. The quantitative estimate of drug-likeness (QED) is 0.739. The summed E-state index contributed by atoms with van der Waals surface area (Å²) in [4.78, 5) is 0.0384. The molecule has 1 N–H and O–H groups in total. The van der Waals surface area contributed by atoms with Crippen molar-refractivity contribution in [2.75, 3.05) is 20.1 Å². The van der Waals surface area contributed by atoms with Crippen molar-refractivity contribution in [2.24, 2.45) is 7.05 Å². The van der Waals surface area contributed by atoms with E-state index in [-0.39, 0.29) is 4.90 Å².